The molecule has 6 aromatic carbocycles. The molecule has 49 heavy (non-hydrogen) atoms. The lowest BCUT2D eigenvalue weighted by Crippen LogP contribution is -2.03. The highest BCUT2D eigenvalue weighted by Crippen LogP contribution is 2.40. The average Bonchev–Trinajstić information content (AvgIpc) is 3.91. The van der Waals surface area contributed by atoms with Crippen molar-refractivity contribution in [3.05, 3.63) is 169 Å². The molecule has 230 valence electrons. The summed E-state index contributed by atoms with van der Waals surface area (Å²) in [5.74, 6) is 0.669. The Hall–Kier alpha value is -6.30. The van der Waals surface area contributed by atoms with Crippen LogP contribution in [0.25, 0.3) is 88.1 Å². The number of rotatable bonds is 5. The van der Waals surface area contributed by atoms with E-state index in [9.17, 15) is 0 Å². The van der Waals surface area contributed by atoms with E-state index in [0.29, 0.717) is 5.95 Å². The van der Waals surface area contributed by atoms with Gasteiger partial charge in [-0.1, -0.05) is 103 Å². The van der Waals surface area contributed by atoms with E-state index in [1.165, 1.54) is 21.9 Å². The van der Waals surface area contributed by atoms with Crippen LogP contribution in [0.2, 0.25) is 0 Å². The predicted molar refractivity (Wildman–Crippen MR) is 205 cm³/mol. The van der Waals surface area contributed by atoms with Crippen molar-refractivity contribution in [1.29, 1.82) is 0 Å². The maximum absolute atomic E-state index is 5.48. The van der Waals surface area contributed by atoms with Gasteiger partial charge in [0.2, 0.25) is 5.95 Å². The van der Waals surface area contributed by atoms with Gasteiger partial charge in [-0.3, -0.25) is 4.57 Å². The number of nitrogens with zero attached hydrogens (tertiary/aromatic N) is 4. The van der Waals surface area contributed by atoms with E-state index in [4.69, 9.17) is 9.97 Å². The van der Waals surface area contributed by atoms with E-state index in [0.717, 1.165) is 60.2 Å². The fourth-order valence-corrected chi connectivity index (χ4v) is 7.98. The van der Waals surface area contributed by atoms with Crippen LogP contribution in [0.4, 0.5) is 0 Å². The van der Waals surface area contributed by atoms with Crippen LogP contribution in [0.5, 0.6) is 0 Å². The van der Waals surface area contributed by atoms with Crippen molar-refractivity contribution in [2.45, 2.75) is 0 Å². The molecule has 0 aliphatic carbocycles. The molecule has 5 heteroatoms. The summed E-state index contributed by atoms with van der Waals surface area (Å²) in [7, 11) is 0. The molecule has 10 aromatic rings. The first-order valence-corrected chi connectivity index (χ1v) is 17.3. The Morgan fingerprint density at radius 1 is 0.449 bits per heavy atom. The minimum atomic E-state index is 0.669. The first-order valence-electron chi connectivity index (χ1n) is 16.4. The SMILES string of the molecule is c1ccc(-c2cc(-c3ccccc3)cc(-c3nc(-n4c5ccccc5c5ccc6c(ccn6-c6ccccc6)c54)nc4sccc34)c2)cc1. The lowest BCUT2D eigenvalue weighted by Gasteiger charge is -2.13. The van der Waals surface area contributed by atoms with Crippen LogP contribution >= 0.6 is 11.3 Å². The molecule has 0 spiro atoms. The largest absolute Gasteiger partial charge is 0.316 e. The molecule has 10 rings (SSSR count). The quantitative estimate of drug-likeness (QED) is 0.187. The molecule has 0 bridgehead atoms. The second-order valence-electron chi connectivity index (χ2n) is 12.3. The number of fused-ring (bicyclic) bond motifs is 6. The highest BCUT2D eigenvalue weighted by molar-refractivity contribution is 7.16. The van der Waals surface area contributed by atoms with Crippen molar-refractivity contribution in [1.82, 2.24) is 19.1 Å². The Bertz CT molecular complexity index is 2750. The van der Waals surface area contributed by atoms with E-state index in [1.54, 1.807) is 11.3 Å². The molecular weight excluding hydrogens is 617 g/mol. The Kier molecular flexibility index (Phi) is 6.32. The van der Waals surface area contributed by atoms with E-state index in [-0.39, 0.29) is 0 Å². The third kappa shape index (κ3) is 4.51. The first-order chi connectivity index (χ1) is 24.3. The lowest BCUT2D eigenvalue weighted by molar-refractivity contribution is 1.02. The van der Waals surface area contributed by atoms with Gasteiger partial charge >= 0.3 is 0 Å². The maximum Gasteiger partial charge on any atom is 0.236 e. The fourth-order valence-electron chi connectivity index (χ4n) is 7.22. The Morgan fingerprint density at radius 2 is 1.10 bits per heavy atom. The monoisotopic (exact) mass is 644 g/mol. The van der Waals surface area contributed by atoms with Crippen LogP contribution < -0.4 is 0 Å². The normalized spacial score (nSPS) is 11.7. The van der Waals surface area contributed by atoms with Crippen molar-refractivity contribution in [3.63, 3.8) is 0 Å². The number of para-hydroxylation sites is 2. The van der Waals surface area contributed by atoms with Crippen LogP contribution in [0.1, 0.15) is 0 Å². The van der Waals surface area contributed by atoms with E-state index >= 15 is 0 Å². The molecule has 0 saturated carbocycles. The van der Waals surface area contributed by atoms with Crippen LogP contribution in [0.3, 0.4) is 0 Å². The number of thiophene rings is 1. The predicted octanol–water partition coefficient (Wildman–Crippen LogP) is 11.7. The van der Waals surface area contributed by atoms with Crippen molar-refractivity contribution in [2.75, 3.05) is 0 Å². The van der Waals surface area contributed by atoms with Gasteiger partial charge in [0.15, 0.2) is 0 Å². The van der Waals surface area contributed by atoms with Gasteiger partial charge in [0, 0.05) is 39.0 Å². The second kappa shape index (κ2) is 11.2. The molecule has 0 fully saturated rings. The Morgan fingerprint density at radius 3 is 1.84 bits per heavy atom. The molecule has 0 aliphatic heterocycles. The summed E-state index contributed by atoms with van der Waals surface area (Å²) in [5, 5.41) is 6.70. The lowest BCUT2D eigenvalue weighted by atomic mass is 9.94. The van der Waals surface area contributed by atoms with E-state index < -0.39 is 0 Å². The molecular formula is C44H28N4S. The van der Waals surface area contributed by atoms with Gasteiger partial charge in [-0.25, -0.2) is 9.97 Å². The summed E-state index contributed by atoms with van der Waals surface area (Å²) in [4.78, 5) is 11.7. The Balaban J connectivity index is 1.26. The minimum absolute atomic E-state index is 0.669. The first kappa shape index (κ1) is 27.8. The number of aromatic nitrogens is 4. The van der Waals surface area contributed by atoms with Crippen molar-refractivity contribution in [2.24, 2.45) is 0 Å². The van der Waals surface area contributed by atoms with Gasteiger partial charge in [0.05, 0.1) is 22.2 Å². The Labute approximate surface area is 286 Å². The molecule has 4 nitrogen and oxygen atoms in total. The molecule has 0 radical (unpaired) electrons. The number of hydrogen-bond donors (Lipinski definition) is 0. The molecule has 0 N–H and O–H groups in total. The zero-order valence-electron chi connectivity index (χ0n) is 26.4. The summed E-state index contributed by atoms with van der Waals surface area (Å²) in [6.07, 6.45) is 2.16. The highest BCUT2D eigenvalue weighted by atomic mass is 32.1. The maximum atomic E-state index is 5.48. The number of benzene rings is 6. The molecule has 4 heterocycles. The minimum Gasteiger partial charge on any atom is -0.316 e. The smallest absolute Gasteiger partial charge is 0.236 e. The van der Waals surface area contributed by atoms with Crippen molar-refractivity contribution >= 4 is 54.3 Å². The van der Waals surface area contributed by atoms with Gasteiger partial charge in [0.25, 0.3) is 0 Å². The van der Waals surface area contributed by atoms with E-state index in [2.05, 4.69) is 178 Å². The molecule has 0 unspecified atom stereocenters. The van der Waals surface area contributed by atoms with Crippen molar-refractivity contribution in [3.8, 4) is 45.1 Å². The fraction of sp³-hybridized carbons (Fsp3) is 0. The zero-order chi connectivity index (χ0) is 32.3. The molecule has 0 atom stereocenters. The molecule has 4 aromatic heterocycles. The third-order valence-electron chi connectivity index (χ3n) is 9.47. The summed E-state index contributed by atoms with van der Waals surface area (Å²) in [5.41, 5.74) is 11.1. The van der Waals surface area contributed by atoms with Crippen LogP contribution in [-0.2, 0) is 0 Å². The van der Waals surface area contributed by atoms with Crippen LogP contribution in [-0.4, -0.2) is 19.1 Å². The van der Waals surface area contributed by atoms with Crippen LogP contribution in [0, 0.1) is 0 Å². The van der Waals surface area contributed by atoms with Gasteiger partial charge in [0.1, 0.15) is 4.83 Å². The van der Waals surface area contributed by atoms with Gasteiger partial charge in [-0.05, 0) is 82.2 Å². The highest BCUT2D eigenvalue weighted by Gasteiger charge is 2.21. The van der Waals surface area contributed by atoms with Crippen LogP contribution in [0.15, 0.2) is 169 Å². The average molecular weight is 645 g/mol. The summed E-state index contributed by atoms with van der Waals surface area (Å²) < 4.78 is 4.52. The molecule has 0 amide bonds. The topological polar surface area (TPSA) is 35.6 Å². The zero-order valence-corrected chi connectivity index (χ0v) is 27.2. The van der Waals surface area contributed by atoms with Gasteiger partial charge in [-0.15, -0.1) is 11.3 Å². The third-order valence-corrected chi connectivity index (χ3v) is 10.3. The van der Waals surface area contributed by atoms with Gasteiger partial charge in [-0.2, -0.15) is 0 Å². The number of hydrogen-bond acceptors (Lipinski definition) is 3. The molecule has 0 aliphatic rings. The van der Waals surface area contributed by atoms with Gasteiger partial charge < -0.3 is 4.57 Å². The summed E-state index contributed by atoms with van der Waals surface area (Å²) in [6.45, 7) is 0. The molecule has 0 saturated heterocycles. The van der Waals surface area contributed by atoms with Crippen molar-refractivity contribution < 1.29 is 0 Å². The second-order valence-corrected chi connectivity index (χ2v) is 13.2. The summed E-state index contributed by atoms with van der Waals surface area (Å²) in [6, 6.07) is 56.0. The summed E-state index contributed by atoms with van der Waals surface area (Å²) >= 11 is 1.66. The standard InChI is InChI=1S/C44H28N4S/c1-4-12-29(13-5-1)31-26-32(30-14-6-2-7-15-30)28-33(27-31)41-38-23-25-49-43(38)46-44(45-41)48-40-19-11-10-18-35(40)36-20-21-39-37(42(36)48)22-24-47(39)34-16-8-3-9-17-34/h1-28H. The van der Waals surface area contributed by atoms with E-state index in [1.807, 2.05) is 0 Å².